The standard InChI is InChI=1S/C22H23ClN4O/c1-17-7-8-20(13-21(17)23)25-15-19(14-24)22(28)27-11-9-26(10-12-27)16-18-5-3-2-4-6-18/h2-8,13,15,25H,9-12,16H2,1H3/b19-15-. The molecule has 1 amide bonds. The van der Waals surface area contributed by atoms with Crippen LogP contribution in [0, 0.1) is 18.3 Å². The molecule has 0 saturated carbocycles. The zero-order valence-electron chi connectivity index (χ0n) is 15.9. The van der Waals surface area contributed by atoms with E-state index >= 15 is 0 Å². The van der Waals surface area contributed by atoms with Gasteiger partial charge in [0.25, 0.3) is 5.91 Å². The number of hydrogen-bond acceptors (Lipinski definition) is 4. The number of nitrogens with one attached hydrogen (secondary N) is 1. The number of piperazine rings is 1. The topological polar surface area (TPSA) is 59.4 Å². The van der Waals surface area contributed by atoms with E-state index in [2.05, 4.69) is 22.3 Å². The van der Waals surface area contributed by atoms with Crippen LogP contribution in [0.2, 0.25) is 5.02 Å². The summed E-state index contributed by atoms with van der Waals surface area (Å²) in [6.07, 6.45) is 1.46. The molecule has 28 heavy (non-hydrogen) atoms. The molecule has 1 aliphatic rings. The highest BCUT2D eigenvalue weighted by atomic mass is 35.5. The number of rotatable bonds is 5. The molecular weight excluding hydrogens is 372 g/mol. The molecule has 1 fully saturated rings. The smallest absolute Gasteiger partial charge is 0.266 e. The zero-order chi connectivity index (χ0) is 19.9. The molecule has 1 N–H and O–H groups in total. The summed E-state index contributed by atoms with van der Waals surface area (Å²) in [6, 6.07) is 17.8. The summed E-state index contributed by atoms with van der Waals surface area (Å²) >= 11 is 6.11. The molecule has 3 rings (SSSR count). The van der Waals surface area contributed by atoms with E-state index < -0.39 is 0 Å². The first kappa shape index (κ1) is 19.9. The molecular formula is C22H23ClN4O. The highest BCUT2D eigenvalue weighted by Gasteiger charge is 2.23. The summed E-state index contributed by atoms with van der Waals surface area (Å²) in [4.78, 5) is 16.7. The van der Waals surface area contributed by atoms with Crippen molar-refractivity contribution in [2.24, 2.45) is 0 Å². The van der Waals surface area contributed by atoms with E-state index in [4.69, 9.17) is 11.6 Å². The van der Waals surface area contributed by atoms with E-state index in [1.54, 1.807) is 11.0 Å². The Kier molecular flexibility index (Phi) is 6.70. The predicted molar refractivity (Wildman–Crippen MR) is 112 cm³/mol. The molecule has 0 spiro atoms. The highest BCUT2D eigenvalue weighted by molar-refractivity contribution is 6.31. The predicted octanol–water partition coefficient (Wildman–Crippen LogP) is 3.81. The van der Waals surface area contributed by atoms with Crippen LogP contribution in [-0.2, 0) is 11.3 Å². The minimum absolute atomic E-state index is 0.0909. The molecule has 2 aromatic rings. The SMILES string of the molecule is Cc1ccc(N/C=C(/C#N)C(=O)N2CCN(Cc3ccccc3)CC2)cc1Cl. The average molecular weight is 395 g/mol. The van der Waals surface area contributed by atoms with Crippen LogP contribution < -0.4 is 5.32 Å². The maximum Gasteiger partial charge on any atom is 0.266 e. The quantitative estimate of drug-likeness (QED) is 0.618. The lowest BCUT2D eigenvalue weighted by atomic mass is 10.2. The van der Waals surface area contributed by atoms with Crippen LogP contribution >= 0.6 is 11.6 Å². The maximum absolute atomic E-state index is 12.7. The summed E-state index contributed by atoms with van der Waals surface area (Å²) in [5.74, 6) is -0.243. The van der Waals surface area contributed by atoms with Gasteiger partial charge in [-0.2, -0.15) is 5.26 Å². The first-order valence-corrected chi connectivity index (χ1v) is 9.63. The minimum atomic E-state index is -0.243. The van der Waals surface area contributed by atoms with Crippen LogP contribution in [0.3, 0.4) is 0 Å². The van der Waals surface area contributed by atoms with Gasteiger partial charge in [0.1, 0.15) is 11.6 Å². The minimum Gasteiger partial charge on any atom is -0.360 e. The van der Waals surface area contributed by atoms with Gasteiger partial charge >= 0.3 is 0 Å². The van der Waals surface area contributed by atoms with Crippen LogP contribution in [0.15, 0.2) is 60.3 Å². The molecule has 0 aliphatic carbocycles. The van der Waals surface area contributed by atoms with E-state index in [-0.39, 0.29) is 11.5 Å². The number of halogens is 1. The van der Waals surface area contributed by atoms with Crippen molar-refractivity contribution in [1.29, 1.82) is 5.26 Å². The Labute approximate surface area is 170 Å². The van der Waals surface area contributed by atoms with Gasteiger partial charge in [-0.1, -0.05) is 48.0 Å². The van der Waals surface area contributed by atoms with Crippen LogP contribution in [0.5, 0.6) is 0 Å². The van der Waals surface area contributed by atoms with Gasteiger partial charge in [-0.15, -0.1) is 0 Å². The molecule has 0 bridgehead atoms. The first-order chi connectivity index (χ1) is 13.6. The van der Waals surface area contributed by atoms with Crippen LogP contribution in [0.1, 0.15) is 11.1 Å². The third-order valence-electron chi connectivity index (χ3n) is 4.81. The lowest BCUT2D eigenvalue weighted by Crippen LogP contribution is -2.48. The number of amides is 1. The molecule has 1 aliphatic heterocycles. The van der Waals surface area contributed by atoms with E-state index in [9.17, 15) is 10.1 Å². The molecule has 144 valence electrons. The summed E-state index contributed by atoms with van der Waals surface area (Å²) in [6.45, 7) is 5.60. The van der Waals surface area contributed by atoms with Crippen molar-refractivity contribution in [3.8, 4) is 6.07 Å². The molecule has 2 aromatic carbocycles. The second-order valence-electron chi connectivity index (χ2n) is 6.83. The van der Waals surface area contributed by atoms with Crippen LogP contribution in [0.25, 0.3) is 0 Å². The number of hydrogen-bond donors (Lipinski definition) is 1. The van der Waals surface area contributed by atoms with Crippen molar-refractivity contribution in [2.75, 3.05) is 31.5 Å². The van der Waals surface area contributed by atoms with Crippen molar-refractivity contribution >= 4 is 23.2 Å². The number of anilines is 1. The van der Waals surface area contributed by atoms with Gasteiger partial charge in [-0.3, -0.25) is 9.69 Å². The summed E-state index contributed by atoms with van der Waals surface area (Å²) in [5, 5.41) is 13.0. The summed E-state index contributed by atoms with van der Waals surface area (Å²) in [7, 11) is 0. The molecule has 5 nitrogen and oxygen atoms in total. The fourth-order valence-corrected chi connectivity index (χ4v) is 3.28. The first-order valence-electron chi connectivity index (χ1n) is 9.25. The normalized spacial score (nSPS) is 15.2. The molecule has 0 atom stereocenters. The number of carbonyl (C=O) groups is 1. The maximum atomic E-state index is 12.7. The van der Waals surface area contributed by atoms with Crippen LogP contribution in [-0.4, -0.2) is 41.9 Å². The van der Waals surface area contributed by atoms with Gasteiger partial charge in [0.15, 0.2) is 0 Å². The number of nitriles is 1. The van der Waals surface area contributed by atoms with Crippen molar-refractivity contribution in [3.63, 3.8) is 0 Å². The Morgan fingerprint density at radius 3 is 2.54 bits per heavy atom. The Hall–Kier alpha value is -2.81. The molecule has 1 heterocycles. The fraction of sp³-hybridized carbons (Fsp3) is 0.273. The van der Waals surface area contributed by atoms with E-state index in [1.165, 1.54) is 11.8 Å². The summed E-state index contributed by atoms with van der Waals surface area (Å²) < 4.78 is 0. The van der Waals surface area contributed by atoms with Gasteiger partial charge in [-0.05, 0) is 30.2 Å². The molecule has 0 aromatic heterocycles. The zero-order valence-corrected chi connectivity index (χ0v) is 16.6. The Balaban J connectivity index is 1.56. The van der Waals surface area contributed by atoms with Gasteiger partial charge < -0.3 is 10.2 Å². The summed E-state index contributed by atoms with van der Waals surface area (Å²) in [5.41, 5.74) is 3.07. The lowest BCUT2D eigenvalue weighted by molar-refractivity contribution is -0.128. The highest BCUT2D eigenvalue weighted by Crippen LogP contribution is 2.20. The Bertz CT molecular complexity index is 896. The van der Waals surface area contributed by atoms with Crippen molar-refractivity contribution in [2.45, 2.75) is 13.5 Å². The molecule has 6 heteroatoms. The number of benzene rings is 2. The van der Waals surface area contributed by atoms with E-state index in [0.29, 0.717) is 18.1 Å². The van der Waals surface area contributed by atoms with E-state index in [0.717, 1.165) is 30.9 Å². The van der Waals surface area contributed by atoms with Gasteiger partial charge in [0.2, 0.25) is 0 Å². The fourth-order valence-electron chi connectivity index (χ4n) is 3.10. The largest absolute Gasteiger partial charge is 0.360 e. The Morgan fingerprint density at radius 1 is 1.18 bits per heavy atom. The second kappa shape index (κ2) is 9.41. The van der Waals surface area contributed by atoms with Crippen LogP contribution in [0.4, 0.5) is 5.69 Å². The molecule has 1 saturated heterocycles. The number of aryl methyl sites for hydroxylation is 1. The van der Waals surface area contributed by atoms with Crippen molar-refractivity contribution in [1.82, 2.24) is 9.80 Å². The Morgan fingerprint density at radius 2 is 1.89 bits per heavy atom. The van der Waals surface area contributed by atoms with Gasteiger partial charge in [0, 0.05) is 49.6 Å². The number of carbonyl (C=O) groups excluding carboxylic acids is 1. The molecule has 0 unspecified atom stereocenters. The number of nitrogens with zero attached hydrogens (tertiary/aromatic N) is 3. The van der Waals surface area contributed by atoms with Gasteiger partial charge in [0.05, 0.1) is 0 Å². The average Bonchev–Trinajstić information content (AvgIpc) is 2.72. The third-order valence-corrected chi connectivity index (χ3v) is 5.22. The second-order valence-corrected chi connectivity index (χ2v) is 7.24. The molecule has 0 radical (unpaired) electrons. The lowest BCUT2D eigenvalue weighted by Gasteiger charge is -2.34. The van der Waals surface area contributed by atoms with Crippen molar-refractivity contribution < 1.29 is 4.79 Å². The monoisotopic (exact) mass is 394 g/mol. The van der Waals surface area contributed by atoms with Crippen molar-refractivity contribution in [3.05, 3.63) is 76.5 Å². The third kappa shape index (κ3) is 5.13. The van der Waals surface area contributed by atoms with E-state index in [1.807, 2.05) is 43.3 Å². The van der Waals surface area contributed by atoms with Gasteiger partial charge in [-0.25, -0.2) is 0 Å².